The third-order valence-corrected chi connectivity index (χ3v) is 3.27. The SMILES string of the molecule is CC(C)[C@@H](N)C(=O)N1CCCC1C(=O)N(C)C. The molecule has 0 radical (unpaired) electrons. The van der Waals surface area contributed by atoms with Crippen LogP contribution in [0.15, 0.2) is 0 Å². The molecule has 17 heavy (non-hydrogen) atoms. The van der Waals surface area contributed by atoms with Crippen LogP contribution in [0.3, 0.4) is 0 Å². The number of carbonyl (C=O) groups excluding carboxylic acids is 2. The number of likely N-dealkylation sites (tertiary alicyclic amines) is 1. The number of nitrogens with zero attached hydrogens (tertiary/aromatic N) is 2. The van der Waals surface area contributed by atoms with Crippen LogP contribution in [0.4, 0.5) is 0 Å². The van der Waals surface area contributed by atoms with Gasteiger partial charge in [0.2, 0.25) is 11.8 Å². The van der Waals surface area contributed by atoms with Gasteiger partial charge in [-0.1, -0.05) is 13.8 Å². The Hall–Kier alpha value is -1.10. The summed E-state index contributed by atoms with van der Waals surface area (Å²) >= 11 is 0. The molecule has 0 aliphatic carbocycles. The molecule has 1 aliphatic heterocycles. The number of rotatable bonds is 3. The fourth-order valence-corrected chi connectivity index (χ4v) is 2.06. The first-order valence-electron chi connectivity index (χ1n) is 6.13. The smallest absolute Gasteiger partial charge is 0.244 e. The lowest BCUT2D eigenvalue weighted by atomic mass is 10.0. The van der Waals surface area contributed by atoms with E-state index in [0.717, 1.165) is 12.8 Å². The van der Waals surface area contributed by atoms with Crippen molar-refractivity contribution in [2.24, 2.45) is 11.7 Å². The summed E-state index contributed by atoms with van der Waals surface area (Å²) in [6.07, 6.45) is 1.62. The minimum absolute atomic E-state index is 0.00759. The van der Waals surface area contributed by atoms with E-state index in [1.807, 2.05) is 13.8 Å². The van der Waals surface area contributed by atoms with Crippen molar-refractivity contribution in [3.8, 4) is 0 Å². The van der Waals surface area contributed by atoms with Gasteiger partial charge < -0.3 is 15.5 Å². The van der Waals surface area contributed by atoms with E-state index in [1.165, 1.54) is 4.90 Å². The Morgan fingerprint density at radius 2 is 1.94 bits per heavy atom. The monoisotopic (exact) mass is 241 g/mol. The number of hydrogen-bond acceptors (Lipinski definition) is 3. The summed E-state index contributed by atoms with van der Waals surface area (Å²) in [5.74, 6) is -0.0114. The van der Waals surface area contributed by atoms with Crippen LogP contribution in [-0.2, 0) is 9.59 Å². The Kier molecular flexibility index (Phi) is 4.51. The van der Waals surface area contributed by atoms with Crippen molar-refractivity contribution >= 4 is 11.8 Å². The second-order valence-corrected chi connectivity index (χ2v) is 5.19. The molecule has 2 atom stereocenters. The highest BCUT2D eigenvalue weighted by Gasteiger charge is 2.37. The van der Waals surface area contributed by atoms with E-state index < -0.39 is 6.04 Å². The van der Waals surface area contributed by atoms with E-state index in [0.29, 0.717) is 6.54 Å². The summed E-state index contributed by atoms with van der Waals surface area (Å²) in [7, 11) is 3.43. The molecule has 1 heterocycles. The van der Waals surface area contributed by atoms with Crippen LogP contribution in [0.5, 0.6) is 0 Å². The van der Waals surface area contributed by atoms with Gasteiger partial charge in [-0.25, -0.2) is 0 Å². The second kappa shape index (κ2) is 5.49. The van der Waals surface area contributed by atoms with Crippen LogP contribution in [0.1, 0.15) is 26.7 Å². The molecule has 1 rings (SSSR count). The Balaban J connectivity index is 2.76. The van der Waals surface area contributed by atoms with Gasteiger partial charge >= 0.3 is 0 Å². The van der Waals surface area contributed by atoms with E-state index in [2.05, 4.69) is 0 Å². The highest BCUT2D eigenvalue weighted by Crippen LogP contribution is 2.20. The van der Waals surface area contributed by atoms with Crippen molar-refractivity contribution < 1.29 is 9.59 Å². The number of amides is 2. The first-order valence-corrected chi connectivity index (χ1v) is 6.13. The Morgan fingerprint density at radius 3 is 2.41 bits per heavy atom. The van der Waals surface area contributed by atoms with E-state index in [1.54, 1.807) is 19.0 Å². The van der Waals surface area contributed by atoms with Gasteiger partial charge in [0.1, 0.15) is 6.04 Å². The van der Waals surface area contributed by atoms with Gasteiger partial charge in [0.05, 0.1) is 6.04 Å². The molecular weight excluding hydrogens is 218 g/mol. The predicted molar refractivity (Wildman–Crippen MR) is 66.2 cm³/mol. The first-order chi connectivity index (χ1) is 7.86. The van der Waals surface area contributed by atoms with Crippen molar-refractivity contribution in [2.45, 2.75) is 38.8 Å². The summed E-state index contributed by atoms with van der Waals surface area (Å²) in [6, 6.07) is -0.826. The van der Waals surface area contributed by atoms with Crippen molar-refractivity contribution in [3.05, 3.63) is 0 Å². The fraction of sp³-hybridized carbons (Fsp3) is 0.833. The van der Waals surface area contributed by atoms with Gasteiger partial charge in [-0.15, -0.1) is 0 Å². The van der Waals surface area contributed by atoms with Crippen LogP contribution in [-0.4, -0.2) is 54.3 Å². The molecule has 0 bridgehead atoms. The second-order valence-electron chi connectivity index (χ2n) is 5.19. The predicted octanol–water partition coefficient (Wildman–Crippen LogP) is 0.0489. The molecule has 5 nitrogen and oxygen atoms in total. The Bertz CT molecular complexity index is 302. The number of likely N-dealkylation sites (N-methyl/N-ethyl adjacent to an activating group) is 1. The quantitative estimate of drug-likeness (QED) is 0.759. The van der Waals surface area contributed by atoms with E-state index in [9.17, 15) is 9.59 Å². The van der Waals surface area contributed by atoms with Crippen LogP contribution in [0.2, 0.25) is 0 Å². The van der Waals surface area contributed by atoms with Crippen molar-refractivity contribution in [2.75, 3.05) is 20.6 Å². The summed E-state index contributed by atoms with van der Waals surface area (Å²) in [4.78, 5) is 27.3. The highest BCUT2D eigenvalue weighted by molar-refractivity contribution is 5.90. The molecule has 2 amide bonds. The molecular formula is C12H23N3O2. The maximum Gasteiger partial charge on any atom is 0.244 e. The summed E-state index contributed by atoms with van der Waals surface area (Å²) < 4.78 is 0. The fourth-order valence-electron chi connectivity index (χ4n) is 2.06. The summed E-state index contributed by atoms with van der Waals surface area (Å²) in [5.41, 5.74) is 5.86. The van der Waals surface area contributed by atoms with Crippen LogP contribution >= 0.6 is 0 Å². The number of hydrogen-bond donors (Lipinski definition) is 1. The minimum atomic E-state index is -0.509. The van der Waals surface area contributed by atoms with Gasteiger partial charge in [0.15, 0.2) is 0 Å². The molecule has 0 spiro atoms. The summed E-state index contributed by atoms with van der Waals surface area (Å²) in [6.45, 7) is 4.48. The molecule has 98 valence electrons. The van der Waals surface area contributed by atoms with Crippen molar-refractivity contribution in [1.29, 1.82) is 0 Å². The van der Waals surface area contributed by atoms with Gasteiger partial charge in [0, 0.05) is 20.6 Å². The topological polar surface area (TPSA) is 66.6 Å². The zero-order valence-corrected chi connectivity index (χ0v) is 11.1. The van der Waals surface area contributed by atoms with E-state index >= 15 is 0 Å². The third-order valence-electron chi connectivity index (χ3n) is 3.27. The lowest BCUT2D eigenvalue weighted by molar-refractivity contribution is -0.143. The number of nitrogens with two attached hydrogens (primary N) is 1. The average Bonchev–Trinajstić information content (AvgIpc) is 2.74. The molecule has 1 saturated heterocycles. The van der Waals surface area contributed by atoms with Crippen LogP contribution < -0.4 is 5.73 Å². The van der Waals surface area contributed by atoms with E-state index in [-0.39, 0.29) is 23.8 Å². The highest BCUT2D eigenvalue weighted by atomic mass is 16.2. The molecule has 5 heteroatoms. The Morgan fingerprint density at radius 1 is 1.35 bits per heavy atom. The average molecular weight is 241 g/mol. The molecule has 0 aromatic heterocycles. The lowest BCUT2D eigenvalue weighted by Crippen LogP contribution is -2.52. The lowest BCUT2D eigenvalue weighted by Gasteiger charge is -2.29. The maximum atomic E-state index is 12.2. The normalized spacial score (nSPS) is 21.8. The van der Waals surface area contributed by atoms with Gasteiger partial charge in [-0.05, 0) is 18.8 Å². The molecule has 0 aromatic rings. The number of carbonyl (C=O) groups is 2. The molecule has 0 aromatic carbocycles. The Labute approximate surface area is 103 Å². The van der Waals surface area contributed by atoms with Crippen molar-refractivity contribution in [3.63, 3.8) is 0 Å². The first kappa shape index (κ1) is 14.0. The van der Waals surface area contributed by atoms with Crippen LogP contribution in [0, 0.1) is 5.92 Å². The molecule has 1 fully saturated rings. The molecule has 2 N–H and O–H groups in total. The molecule has 0 saturated carbocycles. The standard InChI is InChI=1S/C12H23N3O2/c1-8(2)10(13)12(17)15-7-5-6-9(15)11(16)14(3)4/h8-10H,5-7,13H2,1-4H3/t9?,10-/m1/s1. The zero-order valence-electron chi connectivity index (χ0n) is 11.1. The minimum Gasteiger partial charge on any atom is -0.347 e. The largest absolute Gasteiger partial charge is 0.347 e. The molecule has 1 unspecified atom stereocenters. The maximum absolute atomic E-state index is 12.2. The van der Waals surface area contributed by atoms with Crippen LogP contribution in [0.25, 0.3) is 0 Å². The van der Waals surface area contributed by atoms with Gasteiger partial charge in [-0.3, -0.25) is 9.59 Å². The van der Waals surface area contributed by atoms with E-state index in [4.69, 9.17) is 5.73 Å². The molecule has 1 aliphatic rings. The summed E-state index contributed by atoms with van der Waals surface area (Å²) in [5, 5.41) is 0. The third kappa shape index (κ3) is 2.97. The van der Waals surface area contributed by atoms with Crippen molar-refractivity contribution in [1.82, 2.24) is 9.80 Å². The van der Waals surface area contributed by atoms with Gasteiger partial charge in [0.25, 0.3) is 0 Å². The zero-order chi connectivity index (χ0) is 13.2. The van der Waals surface area contributed by atoms with Gasteiger partial charge in [-0.2, -0.15) is 0 Å².